The highest BCUT2D eigenvalue weighted by Gasteiger charge is 2.16. The van der Waals surface area contributed by atoms with Crippen molar-refractivity contribution in [1.29, 1.82) is 0 Å². The van der Waals surface area contributed by atoms with Gasteiger partial charge in [-0.3, -0.25) is 0 Å². The summed E-state index contributed by atoms with van der Waals surface area (Å²) in [5.41, 5.74) is 1.88. The van der Waals surface area contributed by atoms with Gasteiger partial charge in [0.05, 0.1) is 0 Å². The fourth-order valence-corrected chi connectivity index (χ4v) is 2.39. The summed E-state index contributed by atoms with van der Waals surface area (Å²) in [6.45, 7) is 0.266. The molecule has 4 nitrogen and oxygen atoms in total. The molecular weight excluding hydrogens is 256 g/mol. The second-order valence-electron chi connectivity index (χ2n) is 4.80. The summed E-state index contributed by atoms with van der Waals surface area (Å²) in [5, 5.41) is 10.3. The van der Waals surface area contributed by atoms with E-state index in [0.717, 1.165) is 33.8 Å². The van der Waals surface area contributed by atoms with Crippen LogP contribution in [-0.4, -0.2) is 11.9 Å². The van der Waals surface area contributed by atoms with Gasteiger partial charge in [0.15, 0.2) is 11.5 Å². The van der Waals surface area contributed by atoms with E-state index in [1.54, 1.807) is 12.1 Å². The molecule has 2 heterocycles. The summed E-state index contributed by atoms with van der Waals surface area (Å²) in [6, 6.07) is 12.9. The van der Waals surface area contributed by atoms with Crippen LogP contribution >= 0.6 is 0 Å². The van der Waals surface area contributed by atoms with Gasteiger partial charge in [-0.25, -0.2) is 0 Å². The number of hydrogen-bond acceptors (Lipinski definition) is 4. The molecule has 1 aliphatic heterocycles. The van der Waals surface area contributed by atoms with Crippen molar-refractivity contribution >= 4 is 11.0 Å². The second-order valence-corrected chi connectivity index (χ2v) is 4.80. The molecule has 0 aliphatic carbocycles. The van der Waals surface area contributed by atoms with Crippen LogP contribution in [0.1, 0.15) is 11.3 Å². The minimum absolute atomic E-state index is 0.266. The molecule has 0 atom stereocenters. The maximum Gasteiger partial charge on any atom is 0.231 e. The van der Waals surface area contributed by atoms with Crippen molar-refractivity contribution in [3.05, 3.63) is 53.8 Å². The maximum atomic E-state index is 9.28. The Morgan fingerprint density at radius 1 is 0.950 bits per heavy atom. The average molecular weight is 268 g/mol. The number of phenolic OH excluding ortho intramolecular Hbond substituents is 1. The Labute approximate surface area is 115 Å². The van der Waals surface area contributed by atoms with Crippen molar-refractivity contribution in [3.8, 4) is 17.2 Å². The van der Waals surface area contributed by atoms with Gasteiger partial charge in [-0.05, 0) is 29.8 Å². The Hall–Kier alpha value is -2.62. The van der Waals surface area contributed by atoms with E-state index < -0.39 is 0 Å². The molecule has 1 N–H and O–H groups in total. The van der Waals surface area contributed by atoms with Crippen LogP contribution in [0.3, 0.4) is 0 Å². The number of hydrogen-bond donors (Lipinski definition) is 1. The second kappa shape index (κ2) is 4.20. The van der Waals surface area contributed by atoms with E-state index in [4.69, 9.17) is 13.9 Å². The minimum Gasteiger partial charge on any atom is -0.508 e. The molecule has 0 radical (unpaired) electrons. The topological polar surface area (TPSA) is 51.8 Å². The van der Waals surface area contributed by atoms with Crippen molar-refractivity contribution in [2.45, 2.75) is 6.42 Å². The zero-order chi connectivity index (χ0) is 13.5. The van der Waals surface area contributed by atoms with Crippen molar-refractivity contribution < 1.29 is 19.0 Å². The number of benzene rings is 2. The van der Waals surface area contributed by atoms with Crippen molar-refractivity contribution in [1.82, 2.24) is 0 Å². The summed E-state index contributed by atoms with van der Waals surface area (Å²) in [6.07, 6.45) is 0.682. The molecule has 100 valence electrons. The van der Waals surface area contributed by atoms with Gasteiger partial charge < -0.3 is 19.0 Å². The van der Waals surface area contributed by atoms with Gasteiger partial charge in [-0.15, -0.1) is 0 Å². The highest BCUT2D eigenvalue weighted by molar-refractivity contribution is 5.82. The molecule has 4 heteroatoms. The molecular formula is C16H12O4. The number of fused-ring (bicyclic) bond motifs is 2. The van der Waals surface area contributed by atoms with Gasteiger partial charge in [0, 0.05) is 17.9 Å². The molecule has 0 spiro atoms. The lowest BCUT2D eigenvalue weighted by Crippen LogP contribution is -1.92. The SMILES string of the molecule is Oc1ccc(Cc2cc3cc4c(cc3o2)OCO4)cc1. The van der Waals surface area contributed by atoms with Crippen molar-refractivity contribution in [3.63, 3.8) is 0 Å². The molecule has 0 saturated carbocycles. The van der Waals surface area contributed by atoms with Gasteiger partial charge in [-0.2, -0.15) is 0 Å². The lowest BCUT2D eigenvalue weighted by molar-refractivity contribution is 0.174. The van der Waals surface area contributed by atoms with E-state index >= 15 is 0 Å². The molecule has 3 aromatic rings. The van der Waals surface area contributed by atoms with Crippen LogP contribution in [0, 0.1) is 0 Å². The largest absolute Gasteiger partial charge is 0.508 e. The standard InChI is InChI=1S/C16H12O4/c17-12-3-1-10(2-4-12)5-13-6-11-7-15-16(19-9-18-15)8-14(11)20-13/h1-4,6-8,17H,5,9H2. The number of aromatic hydroxyl groups is 1. The normalized spacial score (nSPS) is 13.0. The van der Waals surface area contributed by atoms with E-state index in [-0.39, 0.29) is 12.5 Å². The molecule has 0 bridgehead atoms. The van der Waals surface area contributed by atoms with Gasteiger partial charge in [0.25, 0.3) is 0 Å². The minimum atomic E-state index is 0.266. The molecule has 0 fully saturated rings. The quantitative estimate of drug-likeness (QED) is 0.773. The Morgan fingerprint density at radius 2 is 1.70 bits per heavy atom. The first kappa shape index (κ1) is 11.2. The van der Waals surface area contributed by atoms with Crippen LogP contribution in [0.15, 0.2) is 46.9 Å². The first-order valence-electron chi connectivity index (χ1n) is 6.38. The van der Waals surface area contributed by atoms with Crippen LogP contribution in [0.2, 0.25) is 0 Å². The van der Waals surface area contributed by atoms with Crippen LogP contribution in [0.25, 0.3) is 11.0 Å². The highest BCUT2D eigenvalue weighted by Crippen LogP contribution is 2.37. The third kappa shape index (κ3) is 1.86. The Morgan fingerprint density at radius 3 is 2.50 bits per heavy atom. The summed E-state index contributed by atoms with van der Waals surface area (Å²) in [5.74, 6) is 2.62. The number of ether oxygens (including phenoxy) is 2. The summed E-state index contributed by atoms with van der Waals surface area (Å²) in [7, 11) is 0. The maximum absolute atomic E-state index is 9.28. The Balaban J connectivity index is 1.69. The first-order valence-corrected chi connectivity index (χ1v) is 6.38. The number of phenols is 1. The van der Waals surface area contributed by atoms with E-state index in [0.29, 0.717) is 6.42 Å². The van der Waals surface area contributed by atoms with Gasteiger partial charge >= 0.3 is 0 Å². The van der Waals surface area contributed by atoms with Crippen molar-refractivity contribution in [2.24, 2.45) is 0 Å². The summed E-state index contributed by atoms with van der Waals surface area (Å²) >= 11 is 0. The summed E-state index contributed by atoms with van der Waals surface area (Å²) < 4.78 is 16.5. The molecule has 0 saturated heterocycles. The zero-order valence-electron chi connectivity index (χ0n) is 10.6. The molecule has 20 heavy (non-hydrogen) atoms. The molecule has 0 amide bonds. The molecule has 4 rings (SSSR count). The smallest absolute Gasteiger partial charge is 0.231 e. The monoisotopic (exact) mass is 268 g/mol. The lowest BCUT2D eigenvalue weighted by atomic mass is 10.1. The van der Waals surface area contributed by atoms with Crippen LogP contribution in [0.4, 0.5) is 0 Å². The Kier molecular flexibility index (Phi) is 2.36. The predicted octanol–water partition coefficient (Wildman–Crippen LogP) is 3.46. The third-order valence-corrected chi connectivity index (χ3v) is 3.38. The molecule has 1 aromatic heterocycles. The average Bonchev–Trinajstić information content (AvgIpc) is 3.03. The third-order valence-electron chi connectivity index (χ3n) is 3.38. The number of furan rings is 1. The lowest BCUT2D eigenvalue weighted by Gasteiger charge is -1.98. The van der Waals surface area contributed by atoms with E-state index in [2.05, 4.69) is 0 Å². The van der Waals surface area contributed by atoms with Gasteiger partial charge in [0.1, 0.15) is 17.1 Å². The van der Waals surface area contributed by atoms with E-state index in [1.807, 2.05) is 30.3 Å². The van der Waals surface area contributed by atoms with E-state index in [1.165, 1.54) is 0 Å². The predicted molar refractivity (Wildman–Crippen MR) is 73.2 cm³/mol. The Bertz CT molecular complexity index is 730. The molecule has 1 aliphatic rings. The molecule has 0 unspecified atom stereocenters. The van der Waals surface area contributed by atoms with Gasteiger partial charge in [-0.1, -0.05) is 12.1 Å². The molecule has 2 aromatic carbocycles. The zero-order valence-corrected chi connectivity index (χ0v) is 10.6. The van der Waals surface area contributed by atoms with E-state index in [9.17, 15) is 5.11 Å². The highest BCUT2D eigenvalue weighted by atomic mass is 16.7. The fourth-order valence-electron chi connectivity index (χ4n) is 2.39. The van der Waals surface area contributed by atoms with Crippen LogP contribution < -0.4 is 9.47 Å². The van der Waals surface area contributed by atoms with Gasteiger partial charge in [0.2, 0.25) is 6.79 Å². The van der Waals surface area contributed by atoms with Crippen LogP contribution in [-0.2, 0) is 6.42 Å². The number of rotatable bonds is 2. The van der Waals surface area contributed by atoms with Crippen molar-refractivity contribution in [2.75, 3.05) is 6.79 Å². The first-order chi connectivity index (χ1) is 9.78. The summed E-state index contributed by atoms with van der Waals surface area (Å²) in [4.78, 5) is 0. The van der Waals surface area contributed by atoms with Crippen LogP contribution in [0.5, 0.6) is 17.2 Å². The fraction of sp³-hybridized carbons (Fsp3) is 0.125.